The number of nitrogens with zero attached hydrogens (tertiary/aromatic N) is 3. The van der Waals surface area contributed by atoms with Crippen LogP contribution in [0.2, 0.25) is 0 Å². The fourth-order valence-electron chi connectivity index (χ4n) is 3.26. The number of halogens is 3. The first-order chi connectivity index (χ1) is 13.5. The Morgan fingerprint density at radius 2 is 1.97 bits per heavy atom. The highest BCUT2D eigenvalue weighted by Crippen LogP contribution is 2.33. The topological polar surface area (TPSA) is 88.7 Å². The molecule has 1 aliphatic heterocycles. The Balaban J connectivity index is 1.83. The van der Waals surface area contributed by atoms with Crippen LogP contribution in [0, 0.1) is 0 Å². The Kier molecular flexibility index (Phi) is 5.57. The SMILES string of the molecule is C[C@@H]1CC[C@@H](c2noc(C(C)(C)O)n2)CN1C(=O)c1ccccc1OC(F)(F)F. The molecule has 0 aliphatic carbocycles. The fraction of sp³-hybridized carbons (Fsp3) is 0.526. The van der Waals surface area contributed by atoms with Gasteiger partial charge in [-0.1, -0.05) is 17.3 Å². The van der Waals surface area contributed by atoms with Crippen LogP contribution < -0.4 is 4.74 Å². The molecule has 1 fully saturated rings. The summed E-state index contributed by atoms with van der Waals surface area (Å²) in [6.07, 6.45) is -3.61. The van der Waals surface area contributed by atoms with Crippen LogP contribution >= 0.6 is 0 Å². The van der Waals surface area contributed by atoms with Gasteiger partial charge in [0.15, 0.2) is 5.82 Å². The Morgan fingerprint density at radius 3 is 2.59 bits per heavy atom. The van der Waals surface area contributed by atoms with Gasteiger partial charge < -0.3 is 19.3 Å². The van der Waals surface area contributed by atoms with Crippen molar-refractivity contribution in [2.24, 2.45) is 0 Å². The van der Waals surface area contributed by atoms with E-state index in [1.807, 2.05) is 6.92 Å². The van der Waals surface area contributed by atoms with E-state index in [1.54, 1.807) is 0 Å². The van der Waals surface area contributed by atoms with Gasteiger partial charge in [-0.3, -0.25) is 4.79 Å². The monoisotopic (exact) mass is 413 g/mol. The number of ether oxygens (including phenoxy) is 1. The lowest BCUT2D eigenvalue weighted by atomic mass is 9.92. The molecule has 1 aliphatic rings. The Morgan fingerprint density at radius 1 is 1.28 bits per heavy atom. The predicted molar refractivity (Wildman–Crippen MR) is 95.1 cm³/mol. The number of amides is 1. The van der Waals surface area contributed by atoms with Crippen molar-refractivity contribution in [2.45, 2.75) is 57.5 Å². The Bertz CT molecular complexity index is 876. The van der Waals surface area contributed by atoms with E-state index in [4.69, 9.17) is 4.52 Å². The number of aliphatic hydroxyl groups is 1. The summed E-state index contributed by atoms with van der Waals surface area (Å²) < 4.78 is 47.2. The molecule has 0 spiro atoms. The Labute approximate surface area is 165 Å². The van der Waals surface area contributed by atoms with Crippen LogP contribution in [0.25, 0.3) is 0 Å². The third-order valence-corrected chi connectivity index (χ3v) is 4.82. The number of aromatic nitrogens is 2. The van der Waals surface area contributed by atoms with Crippen molar-refractivity contribution in [3.8, 4) is 5.75 Å². The van der Waals surface area contributed by atoms with E-state index in [0.29, 0.717) is 18.7 Å². The molecule has 1 N–H and O–H groups in total. The van der Waals surface area contributed by atoms with E-state index in [0.717, 1.165) is 6.07 Å². The minimum atomic E-state index is -4.90. The van der Waals surface area contributed by atoms with Crippen LogP contribution in [-0.4, -0.2) is 45.0 Å². The maximum Gasteiger partial charge on any atom is 0.573 e. The molecular formula is C19H22F3N3O4. The number of rotatable bonds is 4. The van der Waals surface area contributed by atoms with Gasteiger partial charge in [0.25, 0.3) is 11.8 Å². The van der Waals surface area contributed by atoms with E-state index in [-0.39, 0.29) is 30.0 Å². The van der Waals surface area contributed by atoms with Crippen LogP contribution in [0.1, 0.15) is 61.6 Å². The van der Waals surface area contributed by atoms with Gasteiger partial charge in [0.1, 0.15) is 11.4 Å². The lowest BCUT2D eigenvalue weighted by Gasteiger charge is -2.37. The number of alkyl halides is 3. The van der Waals surface area contributed by atoms with Crippen molar-refractivity contribution in [3.05, 3.63) is 41.5 Å². The van der Waals surface area contributed by atoms with Gasteiger partial charge in [0.2, 0.25) is 0 Å². The molecule has 1 saturated heterocycles. The molecule has 2 aromatic rings. The fourth-order valence-corrected chi connectivity index (χ4v) is 3.26. The molecule has 2 heterocycles. The van der Waals surface area contributed by atoms with Gasteiger partial charge in [-0.25, -0.2) is 0 Å². The molecule has 1 amide bonds. The van der Waals surface area contributed by atoms with Crippen LogP contribution in [0.3, 0.4) is 0 Å². The van der Waals surface area contributed by atoms with Crippen molar-refractivity contribution in [2.75, 3.05) is 6.54 Å². The maximum absolute atomic E-state index is 13.0. The number of likely N-dealkylation sites (tertiary alicyclic amines) is 1. The third-order valence-electron chi connectivity index (χ3n) is 4.82. The summed E-state index contributed by atoms with van der Waals surface area (Å²) in [5, 5.41) is 13.9. The van der Waals surface area contributed by atoms with E-state index < -0.39 is 23.6 Å². The number of para-hydroxylation sites is 1. The van der Waals surface area contributed by atoms with E-state index in [9.17, 15) is 23.1 Å². The van der Waals surface area contributed by atoms with Gasteiger partial charge >= 0.3 is 6.36 Å². The summed E-state index contributed by atoms with van der Waals surface area (Å²) in [5.41, 5.74) is -1.46. The quantitative estimate of drug-likeness (QED) is 0.824. The number of piperidine rings is 1. The molecule has 0 bridgehead atoms. The molecule has 1 aromatic heterocycles. The summed E-state index contributed by atoms with van der Waals surface area (Å²) in [7, 11) is 0. The number of hydrogen-bond donors (Lipinski definition) is 1. The summed E-state index contributed by atoms with van der Waals surface area (Å²) in [4.78, 5) is 18.7. The van der Waals surface area contributed by atoms with Gasteiger partial charge in [-0.2, -0.15) is 4.98 Å². The molecule has 10 heteroatoms. The molecule has 0 saturated carbocycles. The third kappa shape index (κ3) is 4.87. The van der Waals surface area contributed by atoms with Crippen LogP contribution in [0.4, 0.5) is 13.2 Å². The van der Waals surface area contributed by atoms with Gasteiger partial charge in [-0.05, 0) is 45.7 Å². The zero-order chi connectivity index (χ0) is 21.4. The second-order valence-corrected chi connectivity index (χ2v) is 7.64. The molecule has 3 rings (SSSR count). The van der Waals surface area contributed by atoms with Crippen molar-refractivity contribution < 1.29 is 32.3 Å². The molecule has 1 aromatic carbocycles. The second-order valence-electron chi connectivity index (χ2n) is 7.64. The van der Waals surface area contributed by atoms with Gasteiger partial charge in [0, 0.05) is 18.5 Å². The lowest BCUT2D eigenvalue weighted by Crippen LogP contribution is -2.45. The normalized spacial score (nSPS) is 20.6. The first-order valence-corrected chi connectivity index (χ1v) is 9.18. The smallest absolute Gasteiger partial charge is 0.405 e. The van der Waals surface area contributed by atoms with E-state index >= 15 is 0 Å². The highest BCUT2D eigenvalue weighted by molar-refractivity contribution is 5.97. The first kappa shape index (κ1) is 21.1. The van der Waals surface area contributed by atoms with E-state index in [2.05, 4.69) is 14.9 Å². The standard InChI is InChI=1S/C19H22F3N3O4/c1-11-8-9-12(15-23-17(29-24-15)18(2,3)27)10-25(11)16(26)13-6-4-5-7-14(13)28-19(20,21)22/h4-7,11-12,27H,8-10H2,1-3H3/t11-,12-/m1/s1. The Hall–Kier alpha value is -2.62. The minimum absolute atomic E-state index is 0.0629. The maximum atomic E-state index is 13.0. The van der Waals surface area contributed by atoms with Crippen molar-refractivity contribution >= 4 is 5.91 Å². The second kappa shape index (κ2) is 7.66. The van der Waals surface area contributed by atoms with Gasteiger partial charge in [0.05, 0.1) is 5.56 Å². The number of carbonyl (C=O) groups is 1. The first-order valence-electron chi connectivity index (χ1n) is 9.18. The number of carbonyl (C=O) groups excluding carboxylic acids is 1. The summed E-state index contributed by atoms with van der Waals surface area (Å²) in [6.45, 7) is 5.08. The average molecular weight is 413 g/mol. The molecule has 0 unspecified atom stereocenters. The molecule has 29 heavy (non-hydrogen) atoms. The van der Waals surface area contributed by atoms with Crippen molar-refractivity contribution in [1.82, 2.24) is 15.0 Å². The summed E-state index contributed by atoms with van der Waals surface area (Å²) in [6, 6.07) is 5.09. The van der Waals surface area contributed by atoms with Gasteiger partial charge in [-0.15, -0.1) is 13.2 Å². The average Bonchev–Trinajstić information content (AvgIpc) is 3.11. The molecule has 0 radical (unpaired) electrons. The summed E-state index contributed by atoms with van der Waals surface area (Å²) in [5.74, 6) is -0.943. The van der Waals surface area contributed by atoms with Crippen LogP contribution in [-0.2, 0) is 5.60 Å². The molecule has 158 valence electrons. The molecular weight excluding hydrogens is 391 g/mol. The number of hydrogen-bond acceptors (Lipinski definition) is 6. The minimum Gasteiger partial charge on any atom is -0.405 e. The highest BCUT2D eigenvalue weighted by atomic mass is 19.4. The highest BCUT2D eigenvalue weighted by Gasteiger charge is 2.37. The zero-order valence-corrected chi connectivity index (χ0v) is 16.2. The summed E-state index contributed by atoms with van der Waals surface area (Å²) >= 11 is 0. The van der Waals surface area contributed by atoms with Crippen molar-refractivity contribution in [3.63, 3.8) is 0 Å². The molecule has 7 nitrogen and oxygen atoms in total. The number of benzene rings is 1. The largest absolute Gasteiger partial charge is 0.573 e. The lowest BCUT2D eigenvalue weighted by molar-refractivity contribution is -0.274. The zero-order valence-electron chi connectivity index (χ0n) is 16.2. The van der Waals surface area contributed by atoms with Crippen molar-refractivity contribution in [1.29, 1.82) is 0 Å². The van der Waals surface area contributed by atoms with Crippen LogP contribution in [0.15, 0.2) is 28.8 Å². The predicted octanol–water partition coefficient (Wildman–Crippen LogP) is 3.60. The van der Waals surface area contributed by atoms with Crippen LogP contribution in [0.5, 0.6) is 5.75 Å². The molecule has 2 atom stereocenters. The van der Waals surface area contributed by atoms with E-state index in [1.165, 1.54) is 36.9 Å².